The number of rotatable bonds is 6. The van der Waals surface area contributed by atoms with Crippen LogP contribution in [0.4, 0.5) is 0 Å². The van der Waals surface area contributed by atoms with Gasteiger partial charge in [-0.05, 0) is 45.4 Å². The normalized spacial score (nSPS) is 13.4. The maximum Gasteiger partial charge on any atom is 0.123 e. The fourth-order valence-corrected chi connectivity index (χ4v) is 2.17. The monoisotopic (exact) mass is 250 g/mol. The molecule has 3 heteroatoms. The van der Waals surface area contributed by atoms with E-state index in [9.17, 15) is 0 Å². The first-order chi connectivity index (χ1) is 8.41. The molecule has 0 bridgehead atoms. The van der Waals surface area contributed by atoms with Gasteiger partial charge in [-0.2, -0.15) is 0 Å². The highest BCUT2D eigenvalue weighted by Gasteiger charge is 2.22. The Kier molecular flexibility index (Phi) is 5.17. The van der Waals surface area contributed by atoms with E-state index in [2.05, 4.69) is 24.4 Å². The molecule has 0 aliphatic rings. The summed E-state index contributed by atoms with van der Waals surface area (Å²) >= 11 is 0. The zero-order valence-corrected chi connectivity index (χ0v) is 12.2. The molecule has 0 fully saturated rings. The van der Waals surface area contributed by atoms with Crippen LogP contribution < -0.4 is 15.8 Å². The van der Waals surface area contributed by atoms with Crippen molar-refractivity contribution in [3.8, 4) is 5.75 Å². The van der Waals surface area contributed by atoms with Crippen molar-refractivity contribution in [2.45, 2.75) is 45.2 Å². The minimum Gasteiger partial charge on any atom is -0.496 e. The minimum atomic E-state index is -0.207. The number of nitrogens with two attached hydrogens (primary N) is 1. The first-order valence-corrected chi connectivity index (χ1v) is 6.54. The molecular formula is C15H26N2O. The Balaban J connectivity index is 3.09. The summed E-state index contributed by atoms with van der Waals surface area (Å²) in [5.41, 5.74) is 8.44. The highest BCUT2D eigenvalue weighted by atomic mass is 16.5. The second-order valence-corrected chi connectivity index (χ2v) is 5.46. The van der Waals surface area contributed by atoms with Crippen molar-refractivity contribution >= 4 is 0 Å². The lowest BCUT2D eigenvalue weighted by Crippen LogP contribution is -2.37. The number of aryl methyl sites for hydroxylation is 1. The number of benzene rings is 1. The lowest BCUT2D eigenvalue weighted by atomic mass is 9.90. The Morgan fingerprint density at radius 2 is 2.06 bits per heavy atom. The van der Waals surface area contributed by atoms with Crippen LogP contribution in [-0.4, -0.2) is 19.7 Å². The number of methoxy groups -OCH3 is 1. The van der Waals surface area contributed by atoms with Crippen LogP contribution in [0.25, 0.3) is 0 Å². The summed E-state index contributed by atoms with van der Waals surface area (Å²) in [5, 5.41) is 3.34. The molecule has 3 nitrogen and oxygen atoms in total. The molecule has 1 aromatic rings. The van der Waals surface area contributed by atoms with E-state index in [1.54, 1.807) is 7.11 Å². The van der Waals surface area contributed by atoms with Gasteiger partial charge in [0.1, 0.15) is 5.75 Å². The summed E-state index contributed by atoms with van der Waals surface area (Å²) in [5.74, 6) is 0.927. The molecule has 0 amide bonds. The number of hydrogen-bond donors (Lipinski definition) is 2. The second-order valence-electron chi connectivity index (χ2n) is 5.46. The summed E-state index contributed by atoms with van der Waals surface area (Å²) < 4.78 is 5.46. The Morgan fingerprint density at radius 1 is 1.39 bits per heavy atom. The van der Waals surface area contributed by atoms with Gasteiger partial charge in [-0.3, -0.25) is 0 Å². The lowest BCUT2D eigenvalue weighted by Gasteiger charge is -2.27. The van der Waals surface area contributed by atoms with Crippen LogP contribution in [0.5, 0.6) is 5.75 Å². The summed E-state index contributed by atoms with van der Waals surface area (Å²) in [7, 11) is 3.68. The molecule has 0 aliphatic heterocycles. The van der Waals surface area contributed by atoms with E-state index < -0.39 is 0 Å². The fourth-order valence-electron chi connectivity index (χ4n) is 2.17. The molecule has 0 radical (unpaired) electrons. The fraction of sp³-hybridized carbons (Fsp3) is 0.600. The average Bonchev–Trinajstić information content (AvgIpc) is 2.34. The molecule has 0 aliphatic carbocycles. The van der Waals surface area contributed by atoms with Gasteiger partial charge in [0.2, 0.25) is 0 Å². The molecule has 102 valence electrons. The highest BCUT2D eigenvalue weighted by molar-refractivity contribution is 5.39. The molecule has 1 unspecified atom stereocenters. The zero-order chi connectivity index (χ0) is 13.8. The average molecular weight is 250 g/mol. The van der Waals surface area contributed by atoms with Gasteiger partial charge in [-0.1, -0.05) is 19.1 Å². The van der Waals surface area contributed by atoms with Crippen molar-refractivity contribution in [2.24, 2.45) is 5.73 Å². The van der Waals surface area contributed by atoms with Crippen molar-refractivity contribution in [3.63, 3.8) is 0 Å². The Bertz CT molecular complexity index is 383. The predicted octanol–water partition coefficient (Wildman–Crippen LogP) is 2.65. The molecule has 0 spiro atoms. The summed E-state index contributed by atoms with van der Waals surface area (Å²) in [6.07, 6.45) is 1.90. The van der Waals surface area contributed by atoms with Crippen LogP contribution in [0.2, 0.25) is 0 Å². The minimum absolute atomic E-state index is 0.207. The molecule has 0 saturated heterocycles. The molecule has 18 heavy (non-hydrogen) atoms. The highest BCUT2D eigenvalue weighted by Crippen LogP contribution is 2.30. The van der Waals surface area contributed by atoms with Crippen LogP contribution in [0.1, 0.15) is 44.4 Å². The maximum atomic E-state index is 6.13. The van der Waals surface area contributed by atoms with Crippen molar-refractivity contribution in [1.29, 1.82) is 0 Å². The van der Waals surface area contributed by atoms with E-state index in [0.717, 1.165) is 18.6 Å². The van der Waals surface area contributed by atoms with Gasteiger partial charge in [0.05, 0.1) is 7.11 Å². The van der Waals surface area contributed by atoms with Gasteiger partial charge in [0.25, 0.3) is 0 Å². The Hall–Kier alpha value is -1.06. The second kappa shape index (κ2) is 6.21. The maximum absolute atomic E-state index is 6.13. The molecule has 1 rings (SSSR count). The van der Waals surface area contributed by atoms with Gasteiger partial charge in [-0.15, -0.1) is 0 Å². The van der Waals surface area contributed by atoms with Crippen LogP contribution in [0, 0.1) is 0 Å². The van der Waals surface area contributed by atoms with Crippen molar-refractivity contribution < 1.29 is 4.74 Å². The van der Waals surface area contributed by atoms with E-state index >= 15 is 0 Å². The van der Waals surface area contributed by atoms with Gasteiger partial charge >= 0.3 is 0 Å². The van der Waals surface area contributed by atoms with Crippen LogP contribution in [0.3, 0.4) is 0 Å². The molecule has 1 aromatic carbocycles. The quantitative estimate of drug-likeness (QED) is 0.816. The van der Waals surface area contributed by atoms with Crippen molar-refractivity contribution in [3.05, 3.63) is 29.3 Å². The summed E-state index contributed by atoms with van der Waals surface area (Å²) in [4.78, 5) is 0. The molecular weight excluding hydrogens is 224 g/mol. The third kappa shape index (κ3) is 4.00. The van der Waals surface area contributed by atoms with E-state index in [1.165, 1.54) is 11.1 Å². The third-order valence-electron chi connectivity index (χ3n) is 3.16. The summed E-state index contributed by atoms with van der Waals surface area (Å²) in [6, 6.07) is 6.59. The standard InChI is InChI=1S/C15H26N2O/c1-6-11-7-8-14(18-5)12(9-11)13(17-4)10-15(2,3)16/h7-9,13,17H,6,10,16H2,1-5H3. The van der Waals surface area contributed by atoms with E-state index in [4.69, 9.17) is 10.5 Å². The summed E-state index contributed by atoms with van der Waals surface area (Å²) in [6.45, 7) is 6.26. The van der Waals surface area contributed by atoms with Crippen LogP contribution >= 0.6 is 0 Å². The SMILES string of the molecule is CCc1ccc(OC)c(C(CC(C)(C)N)NC)c1. The third-order valence-corrected chi connectivity index (χ3v) is 3.16. The molecule has 0 heterocycles. The van der Waals surface area contributed by atoms with Crippen molar-refractivity contribution in [1.82, 2.24) is 5.32 Å². The van der Waals surface area contributed by atoms with E-state index in [1.807, 2.05) is 27.0 Å². The molecule has 0 saturated carbocycles. The first-order valence-electron chi connectivity index (χ1n) is 6.54. The number of hydrogen-bond acceptors (Lipinski definition) is 3. The predicted molar refractivity (Wildman–Crippen MR) is 77.1 cm³/mol. The lowest BCUT2D eigenvalue weighted by molar-refractivity contribution is 0.369. The van der Waals surface area contributed by atoms with Gasteiger partial charge in [0.15, 0.2) is 0 Å². The van der Waals surface area contributed by atoms with Crippen LogP contribution in [-0.2, 0) is 6.42 Å². The zero-order valence-electron chi connectivity index (χ0n) is 12.2. The van der Waals surface area contributed by atoms with Crippen molar-refractivity contribution in [2.75, 3.05) is 14.2 Å². The number of nitrogens with one attached hydrogen (secondary N) is 1. The van der Waals surface area contributed by atoms with Crippen LogP contribution in [0.15, 0.2) is 18.2 Å². The Morgan fingerprint density at radius 3 is 2.50 bits per heavy atom. The topological polar surface area (TPSA) is 47.3 Å². The Labute approximate surface area is 111 Å². The van der Waals surface area contributed by atoms with E-state index in [-0.39, 0.29) is 11.6 Å². The van der Waals surface area contributed by atoms with Gasteiger partial charge < -0.3 is 15.8 Å². The van der Waals surface area contributed by atoms with E-state index in [0.29, 0.717) is 0 Å². The molecule has 1 atom stereocenters. The number of ether oxygens (including phenoxy) is 1. The van der Waals surface area contributed by atoms with Gasteiger partial charge in [0, 0.05) is 17.1 Å². The molecule has 0 aromatic heterocycles. The smallest absolute Gasteiger partial charge is 0.123 e. The largest absolute Gasteiger partial charge is 0.496 e. The molecule has 3 N–H and O–H groups in total. The van der Waals surface area contributed by atoms with Gasteiger partial charge in [-0.25, -0.2) is 0 Å². The first kappa shape index (κ1) is 15.0.